The number of nitrogens with one attached hydrogen (secondary N) is 1. The van der Waals surface area contributed by atoms with Gasteiger partial charge in [-0.25, -0.2) is 0 Å². The van der Waals surface area contributed by atoms with Gasteiger partial charge in [0.25, 0.3) is 0 Å². The number of nitriles is 1. The molecule has 108 valence electrons. The summed E-state index contributed by atoms with van der Waals surface area (Å²) >= 11 is 0. The van der Waals surface area contributed by atoms with Crippen molar-refractivity contribution in [3.8, 4) is 6.07 Å². The van der Waals surface area contributed by atoms with Crippen molar-refractivity contribution in [3.05, 3.63) is 70.0 Å². The van der Waals surface area contributed by atoms with Gasteiger partial charge in [-0.2, -0.15) is 5.26 Å². The van der Waals surface area contributed by atoms with Crippen LogP contribution in [0.3, 0.4) is 0 Å². The smallest absolute Gasteiger partial charge is 0.0991 e. The monoisotopic (exact) mass is 286 g/mol. The molecule has 1 heterocycles. The maximum atomic E-state index is 9.07. The Labute approximate surface area is 131 Å². The highest BCUT2D eigenvalue weighted by atomic mass is 15.0. The van der Waals surface area contributed by atoms with Crippen LogP contribution >= 0.6 is 0 Å². The predicted molar refractivity (Wildman–Crippen MR) is 89.7 cm³/mol. The lowest BCUT2D eigenvalue weighted by Crippen LogP contribution is -2.43. The fourth-order valence-electron chi connectivity index (χ4n) is 3.77. The molecule has 4 rings (SSSR count). The van der Waals surface area contributed by atoms with Crippen LogP contribution in [0.1, 0.15) is 37.5 Å². The lowest BCUT2D eigenvalue weighted by molar-refractivity contribution is 0.477. The Kier molecular flexibility index (Phi) is 2.53. The SMILES string of the molecule is CC1=CC(C)(C)NC2=CC3=Cc4cc(C#N)ccc4C3=CC12. The number of rotatable bonds is 0. The molecule has 0 radical (unpaired) electrons. The molecule has 0 fully saturated rings. The van der Waals surface area contributed by atoms with E-state index < -0.39 is 0 Å². The van der Waals surface area contributed by atoms with E-state index in [0.29, 0.717) is 5.92 Å². The molecule has 0 aromatic heterocycles. The fourth-order valence-corrected chi connectivity index (χ4v) is 3.77. The van der Waals surface area contributed by atoms with Crippen LogP contribution in [0.2, 0.25) is 0 Å². The van der Waals surface area contributed by atoms with E-state index >= 15 is 0 Å². The molecular formula is C20H18N2. The van der Waals surface area contributed by atoms with Gasteiger partial charge in [0.15, 0.2) is 0 Å². The second-order valence-corrected chi connectivity index (χ2v) is 6.91. The molecule has 0 bridgehead atoms. The Morgan fingerprint density at radius 1 is 1.23 bits per heavy atom. The molecule has 0 saturated carbocycles. The van der Waals surface area contributed by atoms with Gasteiger partial charge < -0.3 is 5.32 Å². The van der Waals surface area contributed by atoms with E-state index in [2.05, 4.69) is 62.5 Å². The van der Waals surface area contributed by atoms with Gasteiger partial charge in [0.2, 0.25) is 0 Å². The molecule has 0 amide bonds. The van der Waals surface area contributed by atoms with Gasteiger partial charge in [-0.15, -0.1) is 0 Å². The summed E-state index contributed by atoms with van der Waals surface area (Å²) in [6, 6.07) is 8.17. The van der Waals surface area contributed by atoms with E-state index in [9.17, 15) is 0 Å². The van der Waals surface area contributed by atoms with Crippen LogP contribution in [0.4, 0.5) is 0 Å². The molecule has 2 nitrogen and oxygen atoms in total. The van der Waals surface area contributed by atoms with E-state index in [-0.39, 0.29) is 5.54 Å². The van der Waals surface area contributed by atoms with Crippen LogP contribution in [0.15, 0.2) is 53.3 Å². The Morgan fingerprint density at radius 2 is 2.05 bits per heavy atom. The Balaban J connectivity index is 1.85. The molecule has 3 aliphatic rings. The maximum absolute atomic E-state index is 9.07. The average molecular weight is 286 g/mol. The van der Waals surface area contributed by atoms with Gasteiger partial charge >= 0.3 is 0 Å². The van der Waals surface area contributed by atoms with Gasteiger partial charge in [-0.05, 0) is 67.3 Å². The van der Waals surface area contributed by atoms with E-state index in [1.165, 1.54) is 28.0 Å². The lowest BCUT2D eigenvalue weighted by Gasteiger charge is -2.38. The summed E-state index contributed by atoms with van der Waals surface area (Å²) in [7, 11) is 0. The Hall–Kier alpha value is -2.53. The molecule has 22 heavy (non-hydrogen) atoms. The molecule has 0 saturated heterocycles. The highest BCUT2D eigenvalue weighted by Gasteiger charge is 2.32. The molecule has 1 unspecified atom stereocenters. The number of nitrogens with zero attached hydrogens (tertiary/aromatic N) is 1. The minimum atomic E-state index is -0.00223. The minimum absolute atomic E-state index is 0.00223. The third-order valence-electron chi connectivity index (χ3n) is 4.62. The van der Waals surface area contributed by atoms with Gasteiger partial charge in [0, 0.05) is 17.2 Å². The van der Waals surface area contributed by atoms with Crippen LogP contribution in [0, 0.1) is 17.2 Å². The molecule has 1 aliphatic heterocycles. The first-order chi connectivity index (χ1) is 10.5. The largest absolute Gasteiger partial charge is 0.379 e. The molecule has 2 heteroatoms. The number of fused-ring (bicyclic) bond motifs is 4. The first kappa shape index (κ1) is 13.2. The standard InChI is InChI=1S/C20H18N2/c1-12-10-20(2,3)22-19-8-15-7-14-6-13(11-21)4-5-16(14)18(15)9-17(12)19/h4-10,17,22H,1-3H3. The fraction of sp³-hybridized carbons (Fsp3) is 0.250. The predicted octanol–water partition coefficient (Wildman–Crippen LogP) is 4.18. The topological polar surface area (TPSA) is 35.8 Å². The lowest BCUT2D eigenvalue weighted by atomic mass is 9.80. The molecule has 1 atom stereocenters. The maximum Gasteiger partial charge on any atom is 0.0991 e. The van der Waals surface area contributed by atoms with Crippen molar-refractivity contribution in [2.45, 2.75) is 26.3 Å². The molecular weight excluding hydrogens is 268 g/mol. The number of allylic oxidation sites excluding steroid dienone is 4. The third kappa shape index (κ3) is 1.86. The molecule has 1 N–H and O–H groups in total. The summed E-state index contributed by atoms with van der Waals surface area (Å²) in [4.78, 5) is 0. The van der Waals surface area contributed by atoms with Crippen molar-refractivity contribution >= 4 is 11.6 Å². The van der Waals surface area contributed by atoms with Crippen molar-refractivity contribution in [2.75, 3.05) is 0 Å². The second-order valence-electron chi connectivity index (χ2n) is 6.91. The highest BCUT2D eigenvalue weighted by Crippen LogP contribution is 2.44. The van der Waals surface area contributed by atoms with Gasteiger partial charge in [0.05, 0.1) is 11.6 Å². The van der Waals surface area contributed by atoms with Crippen molar-refractivity contribution in [1.82, 2.24) is 5.32 Å². The van der Waals surface area contributed by atoms with Crippen molar-refractivity contribution in [3.63, 3.8) is 0 Å². The van der Waals surface area contributed by atoms with Crippen LogP contribution in [0.25, 0.3) is 11.6 Å². The van der Waals surface area contributed by atoms with Gasteiger partial charge in [-0.3, -0.25) is 0 Å². The summed E-state index contributed by atoms with van der Waals surface area (Å²) in [5.41, 5.74) is 8.31. The number of benzene rings is 1. The van der Waals surface area contributed by atoms with E-state index in [4.69, 9.17) is 5.26 Å². The number of hydrogen-bond donors (Lipinski definition) is 1. The van der Waals surface area contributed by atoms with E-state index in [1.807, 2.05) is 12.1 Å². The van der Waals surface area contributed by atoms with Gasteiger partial charge in [-0.1, -0.05) is 23.8 Å². The van der Waals surface area contributed by atoms with Crippen LogP contribution in [-0.2, 0) is 0 Å². The molecule has 1 aromatic carbocycles. The van der Waals surface area contributed by atoms with Crippen LogP contribution < -0.4 is 5.32 Å². The zero-order valence-electron chi connectivity index (χ0n) is 13.1. The second kappa shape index (κ2) is 4.24. The van der Waals surface area contributed by atoms with Crippen molar-refractivity contribution in [1.29, 1.82) is 5.26 Å². The van der Waals surface area contributed by atoms with Crippen molar-refractivity contribution in [2.24, 2.45) is 5.92 Å². The Bertz CT molecular complexity index is 854. The minimum Gasteiger partial charge on any atom is -0.379 e. The molecule has 0 spiro atoms. The van der Waals surface area contributed by atoms with E-state index in [0.717, 1.165) is 11.1 Å². The molecule has 1 aromatic rings. The van der Waals surface area contributed by atoms with E-state index in [1.54, 1.807) is 0 Å². The normalized spacial score (nSPS) is 23.6. The summed E-state index contributed by atoms with van der Waals surface area (Å²) < 4.78 is 0. The highest BCUT2D eigenvalue weighted by molar-refractivity contribution is 5.98. The summed E-state index contributed by atoms with van der Waals surface area (Å²) in [5, 5.41) is 12.7. The first-order valence-electron chi connectivity index (χ1n) is 7.64. The van der Waals surface area contributed by atoms with Crippen LogP contribution in [0.5, 0.6) is 0 Å². The first-order valence-corrected chi connectivity index (χ1v) is 7.64. The van der Waals surface area contributed by atoms with Gasteiger partial charge in [0.1, 0.15) is 0 Å². The summed E-state index contributed by atoms with van der Waals surface area (Å²) in [5.74, 6) is 0.335. The average Bonchev–Trinajstić information content (AvgIpc) is 2.80. The quantitative estimate of drug-likeness (QED) is 0.726. The summed E-state index contributed by atoms with van der Waals surface area (Å²) in [6.07, 6.45) is 9.13. The summed E-state index contributed by atoms with van der Waals surface area (Å²) in [6.45, 7) is 6.61. The molecule has 2 aliphatic carbocycles. The van der Waals surface area contributed by atoms with Crippen LogP contribution in [-0.4, -0.2) is 5.54 Å². The third-order valence-corrected chi connectivity index (χ3v) is 4.62. The zero-order valence-corrected chi connectivity index (χ0v) is 13.1. The Morgan fingerprint density at radius 3 is 2.82 bits per heavy atom. The number of hydrogen-bond acceptors (Lipinski definition) is 2. The van der Waals surface area contributed by atoms with Crippen molar-refractivity contribution < 1.29 is 0 Å². The zero-order chi connectivity index (χ0) is 15.5.